The fraction of sp³-hybridized carbons (Fsp3) is 0.278. The average Bonchev–Trinajstić information content (AvgIpc) is 3.09. The lowest BCUT2D eigenvalue weighted by molar-refractivity contribution is 0.174. The second-order valence-electron chi connectivity index (χ2n) is 5.35. The number of hydrogen-bond donors (Lipinski definition) is 2. The number of guanidine groups is 1. The number of nitrogens with one attached hydrogen (secondary N) is 2. The molecule has 0 unspecified atom stereocenters. The molecule has 0 radical (unpaired) electrons. The summed E-state index contributed by atoms with van der Waals surface area (Å²) in [6.45, 7) is 1.80. The van der Waals surface area contributed by atoms with Crippen LogP contribution in [0, 0.1) is 5.82 Å². The van der Waals surface area contributed by atoms with Crippen LogP contribution in [0.5, 0.6) is 17.2 Å². The van der Waals surface area contributed by atoms with Crippen LogP contribution < -0.4 is 24.8 Å². The van der Waals surface area contributed by atoms with E-state index in [1.54, 1.807) is 19.2 Å². The summed E-state index contributed by atoms with van der Waals surface area (Å²) in [6, 6.07) is 11.9. The highest BCUT2D eigenvalue weighted by atomic mass is 19.1. The monoisotopic (exact) mass is 345 g/mol. The average molecular weight is 345 g/mol. The summed E-state index contributed by atoms with van der Waals surface area (Å²) in [5.74, 6) is 2.36. The summed E-state index contributed by atoms with van der Waals surface area (Å²) in [5, 5.41) is 6.35. The number of benzene rings is 2. The van der Waals surface area contributed by atoms with Crippen molar-refractivity contribution in [2.24, 2.45) is 4.99 Å². The molecular formula is C18H20FN3O3. The summed E-state index contributed by atoms with van der Waals surface area (Å²) in [5.41, 5.74) is 1.06. The summed E-state index contributed by atoms with van der Waals surface area (Å²) < 4.78 is 29.2. The third-order valence-electron chi connectivity index (χ3n) is 3.58. The van der Waals surface area contributed by atoms with E-state index in [2.05, 4.69) is 15.6 Å². The van der Waals surface area contributed by atoms with E-state index in [9.17, 15) is 4.39 Å². The molecule has 2 N–H and O–H groups in total. The van der Waals surface area contributed by atoms with Crippen molar-refractivity contribution in [3.63, 3.8) is 0 Å². The van der Waals surface area contributed by atoms with Gasteiger partial charge in [0.1, 0.15) is 18.2 Å². The SMILES string of the molecule is CN=C(NCCOc1cccc(F)c1)NCc1ccc2c(c1)OCO2. The fourth-order valence-corrected chi connectivity index (χ4v) is 2.35. The maximum absolute atomic E-state index is 13.1. The molecule has 25 heavy (non-hydrogen) atoms. The Balaban J connectivity index is 1.41. The molecule has 1 aliphatic rings. The highest BCUT2D eigenvalue weighted by Crippen LogP contribution is 2.32. The Morgan fingerprint density at radius 1 is 1.16 bits per heavy atom. The zero-order valence-electron chi connectivity index (χ0n) is 13.9. The van der Waals surface area contributed by atoms with Crippen molar-refractivity contribution in [2.45, 2.75) is 6.54 Å². The minimum Gasteiger partial charge on any atom is -0.492 e. The van der Waals surface area contributed by atoms with Crippen LogP contribution in [0.15, 0.2) is 47.5 Å². The number of aliphatic imine (C=N–C) groups is 1. The van der Waals surface area contributed by atoms with Gasteiger partial charge in [-0.25, -0.2) is 4.39 Å². The minimum absolute atomic E-state index is 0.265. The van der Waals surface area contributed by atoms with Crippen LogP contribution in [0.3, 0.4) is 0 Å². The molecule has 0 saturated carbocycles. The predicted molar refractivity (Wildman–Crippen MR) is 92.7 cm³/mol. The molecule has 6 nitrogen and oxygen atoms in total. The van der Waals surface area contributed by atoms with Crippen molar-refractivity contribution < 1.29 is 18.6 Å². The van der Waals surface area contributed by atoms with Gasteiger partial charge in [-0.15, -0.1) is 0 Å². The number of hydrogen-bond acceptors (Lipinski definition) is 4. The highest BCUT2D eigenvalue weighted by molar-refractivity contribution is 5.79. The van der Waals surface area contributed by atoms with Crippen LogP contribution in [0.25, 0.3) is 0 Å². The molecule has 0 amide bonds. The Labute approximate surface area is 145 Å². The van der Waals surface area contributed by atoms with E-state index in [0.29, 0.717) is 31.4 Å². The van der Waals surface area contributed by atoms with Gasteiger partial charge in [-0.2, -0.15) is 0 Å². The highest BCUT2D eigenvalue weighted by Gasteiger charge is 2.13. The van der Waals surface area contributed by atoms with Gasteiger partial charge in [0.25, 0.3) is 0 Å². The molecule has 132 valence electrons. The summed E-state index contributed by atoms with van der Waals surface area (Å²) >= 11 is 0. The van der Waals surface area contributed by atoms with Crippen LogP contribution in [0.2, 0.25) is 0 Å². The zero-order valence-corrected chi connectivity index (χ0v) is 13.9. The van der Waals surface area contributed by atoms with E-state index in [0.717, 1.165) is 17.1 Å². The number of rotatable bonds is 6. The smallest absolute Gasteiger partial charge is 0.231 e. The van der Waals surface area contributed by atoms with E-state index in [4.69, 9.17) is 14.2 Å². The van der Waals surface area contributed by atoms with Crippen LogP contribution in [0.1, 0.15) is 5.56 Å². The normalized spacial score (nSPS) is 12.8. The Bertz CT molecular complexity index is 752. The third-order valence-corrected chi connectivity index (χ3v) is 3.58. The maximum atomic E-state index is 13.1. The Hall–Kier alpha value is -2.96. The first-order valence-corrected chi connectivity index (χ1v) is 7.96. The van der Waals surface area contributed by atoms with E-state index in [1.165, 1.54) is 12.1 Å². The molecule has 1 aliphatic heterocycles. The first-order valence-electron chi connectivity index (χ1n) is 7.96. The second-order valence-corrected chi connectivity index (χ2v) is 5.35. The topological polar surface area (TPSA) is 64.1 Å². The Morgan fingerprint density at radius 2 is 2.04 bits per heavy atom. The molecule has 0 spiro atoms. The summed E-state index contributed by atoms with van der Waals surface area (Å²) in [4.78, 5) is 4.16. The molecule has 0 atom stereocenters. The zero-order chi connectivity index (χ0) is 17.5. The lowest BCUT2D eigenvalue weighted by Gasteiger charge is -2.13. The van der Waals surface area contributed by atoms with Crippen molar-refractivity contribution >= 4 is 5.96 Å². The molecule has 0 aromatic heterocycles. The Morgan fingerprint density at radius 3 is 2.88 bits per heavy atom. The first-order chi connectivity index (χ1) is 12.2. The number of ether oxygens (including phenoxy) is 3. The van der Waals surface area contributed by atoms with Crippen LogP contribution in [-0.4, -0.2) is 33.0 Å². The fourth-order valence-electron chi connectivity index (χ4n) is 2.35. The number of nitrogens with zero attached hydrogens (tertiary/aromatic N) is 1. The summed E-state index contributed by atoms with van der Waals surface area (Å²) in [7, 11) is 1.70. The maximum Gasteiger partial charge on any atom is 0.231 e. The van der Waals surface area contributed by atoms with Crippen molar-refractivity contribution in [3.8, 4) is 17.2 Å². The van der Waals surface area contributed by atoms with Gasteiger partial charge in [0.15, 0.2) is 17.5 Å². The molecular weight excluding hydrogens is 325 g/mol. The molecule has 7 heteroatoms. The van der Waals surface area contributed by atoms with E-state index >= 15 is 0 Å². The predicted octanol–water partition coefficient (Wildman–Crippen LogP) is 2.30. The third kappa shape index (κ3) is 4.76. The van der Waals surface area contributed by atoms with Crippen LogP contribution >= 0.6 is 0 Å². The second kappa shape index (κ2) is 8.23. The number of halogens is 1. The minimum atomic E-state index is -0.313. The van der Waals surface area contributed by atoms with Gasteiger partial charge in [-0.05, 0) is 29.8 Å². The molecule has 2 aromatic carbocycles. The quantitative estimate of drug-likeness (QED) is 0.478. The van der Waals surface area contributed by atoms with Crippen LogP contribution in [-0.2, 0) is 6.54 Å². The largest absolute Gasteiger partial charge is 0.492 e. The molecule has 2 aromatic rings. The van der Waals surface area contributed by atoms with Crippen molar-refractivity contribution in [2.75, 3.05) is 27.0 Å². The van der Waals surface area contributed by atoms with Gasteiger partial charge in [0.2, 0.25) is 6.79 Å². The van der Waals surface area contributed by atoms with Gasteiger partial charge in [-0.1, -0.05) is 12.1 Å². The molecule has 0 saturated heterocycles. The van der Waals surface area contributed by atoms with Gasteiger partial charge < -0.3 is 24.8 Å². The van der Waals surface area contributed by atoms with Crippen molar-refractivity contribution in [1.29, 1.82) is 0 Å². The Kier molecular flexibility index (Phi) is 5.56. The lowest BCUT2D eigenvalue weighted by atomic mass is 10.2. The first kappa shape index (κ1) is 16.9. The van der Waals surface area contributed by atoms with E-state index in [-0.39, 0.29) is 12.6 Å². The molecule has 0 bridgehead atoms. The van der Waals surface area contributed by atoms with E-state index in [1.807, 2.05) is 18.2 Å². The lowest BCUT2D eigenvalue weighted by Crippen LogP contribution is -2.38. The van der Waals surface area contributed by atoms with Crippen LogP contribution in [0.4, 0.5) is 4.39 Å². The standard InChI is InChI=1S/C18H20FN3O3/c1-20-18(21-7-8-23-15-4-2-3-14(19)10-15)22-11-13-5-6-16-17(9-13)25-12-24-16/h2-6,9-10H,7-8,11-12H2,1H3,(H2,20,21,22). The van der Waals surface area contributed by atoms with Gasteiger partial charge >= 0.3 is 0 Å². The van der Waals surface area contributed by atoms with Crippen molar-refractivity contribution in [1.82, 2.24) is 10.6 Å². The molecule has 1 heterocycles. The molecule has 0 fully saturated rings. The number of fused-ring (bicyclic) bond motifs is 1. The molecule has 3 rings (SSSR count). The summed E-state index contributed by atoms with van der Waals surface area (Å²) in [6.07, 6.45) is 0. The van der Waals surface area contributed by atoms with Crippen molar-refractivity contribution in [3.05, 3.63) is 53.8 Å². The molecule has 0 aliphatic carbocycles. The van der Waals surface area contributed by atoms with Gasteiger partial charge in [-0.3, -0.25) is 4.99 Å². The van der Waals surface area contributed by atoms with Gasteiger partial charge in [0.05, 0.1) is 6.54 Å². The van der Waals surface area contributed by atoms with Gasteiger partial charge in [0, 0.05) is 19.7 Å². The van der Waals surface area contributed by atoms with E-state index < -0.39 is 0 Å².